The number of sulfonamides is 1. The van der Waals surface area contributed by atoms with Gasteiger partial charge >= 0.3 is 0 Å². The van der Waals surface area contributed by atoms with Gasteiger partial charge in [-0.25, -0.2) is 8.42 Å². The summed E-state index contributed by atoms with van der Waals surface area (Å²) in [7, 11) is -3.78. The molecule has 28 heavy (non-hydrogen) atoms. The summed E-state index contributed by atoms with van der Waals surface area (Å²) in [5.74, 6) is 0.278. The maximum atomic E-state index is 12.7. The van der Waals surface area contributed by atoms with E-state index in [1.54, 1.807) is 18.2 Å². The zero-order valence-corrected chi connectivity index (χ0v) is 17.4. The Morgan fingerprint density at radius 3 is 2.39 bits per heavy atom. The van der Waals surface area contributed by atoms with Crippen LogP contribution in [0.3, 0.4) is 0 Å². The summed E-state index contributed by atoms with van der Waals surface area (Å²) in [5, 5.41) is 3.82. The first kappa shape index (κ1) is 20.4. The van der Waals surface area contributed by atoms with Crippen LogP contribution in [0.25, 0.3) is 5.69 Å². The predicted octanol–water partition coefficient (Wildman–Crippen LogP) is 4.46. The maximum absolute atomic E-state index is 12.7. The van der Waals surface area contributed by atoms with E-state index in [0.29, 0.717) is 11.4 Å². The van der Waals surface area contributed by atoms with E-state index in [2.05, 4.69) is 9.82 Å². The first-order valence-corrected chi connectivity index (χ1v) is 10.6. The lowest BCUT2D eigenvalue weighted by Gasteiger charge is -2.12. The van der Waals surface area contributed by atoms with Gasteiger partial charge in [0.15, 0.2) is 0 Å². The van der Waals surface area contributed by atoms with E-state index in [4.69, 9.17) is 23.2 Å². The highest BCUT2D eigenvalue weighted by molar-refractivity contribution is 7.92. The van der Waals surface area contributed by atoms with Crippen LogP contribution >= 0.6 is 23.2 Å². The SMILES string of the molecule is CC(C)c1cccc(NS(=O)(=O)c2ccc(-n3ncc(Cl)c(Cl)c3=O)cc2)c1. The Labute approximate surface area is 172 Å². The zero-order chi connectivity index (χ0) is 20.5. The summed E-state index contributed by atoms with van der Waals surface area (Å²) >= 11 is 11.6. The Balaban J connectivity index is 1.89. The van der Waals surface area contributed by atoms with Crippen molar-refractivity contribution in [2.24, 2.45) is 0 Å². The molecule has 6 nitrogen and oxygen atoms in total. The number of aromatic nitrogens is 2. The van der Waals surface area contributed by atoms with E-state index in [-0.39, 0.29) is 20.9 Å². The monoisotopic (exact) mass is 437 g/mol. The molecular formula is C19H17Cl2N3O3S. The van der Waals surface area contributed by atoms with Gasteiger partial charge in [0.1, 0.15) is 5.02 Å². The number of anilines is 1. The van der Waals surface area contributed by atoms with Crippen molar-refractivity contribution in [2.45, 2.75) is 24.7 Å². The Bertz CT molecular complexity index is 1170. The second-order valence-corrected chi connectivity index (χ2v) is 8.87. The van der Waals surface area contributed by atoms with Crippen LogP contribution in [0.2, 0.25) is 10.0 Å². The molecule has 0 unspecified atom stereocenters. The molecule has 1 N–H and O–H groups in total. The van der Waals surface area contributed by atoms with Gasteiger partial charge in [0.2, 0.25) is 0 Å². The smallest absolute Gasteiger partial charge is 0.280 e. The van der Waals surface area contributed by atoms with E-state index in [1.165, 1.54) is 30.5 Å². The molecule has 3 aromatic rings. The number of benzene rings is 2. The van der Waals surface area contributed by atoms with Crippen LogP contribution in [0.1, 0.15) is 25.3 Å². The molecule has 2 aromatic carbocycles. The third-order valence-electron chi connectivity index (χ3n) is 4.07. The summed E-state index contributed by atoms with van der Waals surface area (Å²) in [6, 6.07) is 13.0. The van der Waals surface area contributed by atoms with Crippen molar-refractivity contribution in [3.05, 3.63) is 80.7 Å². The fourth-order valence-corrected chi connectivity index (χ4v) is 3.84. The normalized spacial score (nSPS) is 11.6. The first-order chi connectivity index (χ1) is 13.2. The molecule has 146 valence electrons. The molecule has 0 saturated carbocycles. The van der Waals surface area contributed by atoms with Crippen molar-refractivity contribution in [2.75, 3.05) is 4.72 Å². The van der Waals surface area contributed by atoms with Crippen molar-refractivity contribution < 1.29 is 8.42 Å². The van der Waals surface area contributed by atoms with Gasteiger partial charge in [-0.3, -0.25) is 9.52 Å². The number of hydrogen-bond donors (Lipinski definition) is 1. The van der Waals surface area contributed by atoms with E-state index in [0.717, 1.165) is 10.2 Å². The summed E-state index contributed by atoms with van der Waals surface area (Å²) in [6.45, 7) is 4.07. The topological polar surface area (TPSA) is 81.1 Å². The van der Waals surface area contributed by atoms with Crippen LogP contribution in [-0.4, -0.2) is 18.2 Å². The fourth-order valence-electron chi connectivity index (χ4n) is 2.54. The minimum atomic E-state index is -3.78. The summed E-state index contributed by atoms with van der Waals surface area (Å²) in [5.41, 5.74) is 1.29. The molecule has 1 heterocycles. The van der Waals surface area contributed by atoms with Crippen LogP contribution in [0.15, 0.2) is 64.4 Å². The molecule has 0 amide bonds. The van der Waals surface area contributed by atoms with Crippen molar-refractivity contribution >= 4 is 38.9 Å². The lowest BCUT2D eigenvalue weighted by atomic mass is 10.0. The summed E-state index contributed by atoms with van der Waals surface area (Å²) in [4.78, 5) is 12.2. The van der Waals surface area contributed by atoms with Crippen LogP contribution in [0, 0.1) is 0 Å². The molecule has 0 aliphatic carbocycles. The maximum Gasteiger partial charge on any atom is 0.291 e. The number of nitrogens with zero attached hydrogens (tertiary/aromatic N) is 2. The quantitative estimate of drug-likeness (QED) is 0.638. The third-order valence-corrected chi connectivity index (χ3v) is 6.22. The van der Waals surface area contributed by atoms with Gasteiger partial charge in [-0.05, 0) is 47.9 Å². The van der Waals surface area contributed by atoms with Crippen LogP contribution in [0.4, 0.5) is 5.69 Å². The second-order valence-electron chi connectivity index (χ2n) is 6.40. The van der Waals surface area contributed by atoms with E-state index < -0.39 is 15.6 Å². The molecule has 0 spiro atoms. The summed E-state index contributed by atoms with van der Waals surface area (Å²) in [6.07, 6.45) is 1.25. The highest BCUT2D eigenvalue weighted by atomic mass is 35.5. The average molecular weight is 438 g/mol. The van der Waals surface area contributed by atoms with Gasteiger partial charge in [-0.15, -0.1) is 0 Å². The molecular weight excluding hydrogens is 421 g/mol. The van der Waals surface area contributed by atoms with E-state index in [9.17, 15) is 13.2 Å². The summed E-state index contributed by atoms with van der Waals surface area (Å²) < 4.78 is 28.9. The molecule has 0 atom stereocenters. The Kier molecular flexibility index (Phi) is 5.79. The zero-order valence-electron chi connectivity index (χ0n) is 15.1. The number of nitrogens with one attached hydrogen (secondary N) is 1. The molecule has 0 fully saturated rings. The minimum absolute atomic E-state index is 0.0509. The van der Waals surface area contributed by atoms with Gasteiger partial charge < -0.3 is 0 Å². The van der Waals surface area contributed by atoms with Crippen molar-refractivity contribution in [3.63, 3.8) is 0 Å². The largest absolute Gasteiger partial charge is 0.291 e. The minimum Gasteiger partial charge on any atom is -0.280 e. The van der Waals surface area contributed by atoms with Gasteiger partial charge in [0.05, 0.1) is 21.8 Å². The molecule has 9 heteroatoms. The number of rotatable bonds is 5. The Hall–Kier alpha value is -2.35. The van der Waals surface area contributed by atoms with Crippen molar-refractivity contribution in [1.29, 1.82) is 0 Å². The number of hydrogen-bond acceptors (Lipinski definition) is 4. The van der Waals surface area contributed by atoms with Gasteiger partial charge in [0.25, 0.3) is 15.6 Å². The second kappa shape index (κ2) is 7.95. The van der Waals surface area contributed by atoms with Crippen molar-refractivity contribution in [3.8, 4) is 5.69 Å². The molecule has 0 saturated heterocycles. The molecule has 1 aromatic heterocycles. The van der Waals surface area contributed by atoms with E-state index >= 15 is 0 Å². The Morgan fingerprint density at radius 1 is 1.07 bits per heavy atom. The number of halogens is 2. The molecule has 0 aliphatic rings. The van der Waals surface area contributed by atoms with Crippen molar-refractivity contribution in [1.82, 2.24) is 9.78 Å². The third kappa shape index (κ3) is 4.22. The van der Waals surface area contributed by atoms with Crippen LogP contribution in [0.5, 0.6) is 0 Å². The predicted molar refractivity (Wildman–Crippen MR) is 111 cm³/mol. The molecule has 0 bridgehead atoms. The molecule has 3 rings (SSSR count). The molecule has 0 aliphatic heterocycles. The standard InChI is InChI=1S/C19H17Cl2N3O3S/c1-12(2)13-4-3-5-14(10-13)23-28(26,27)16-8-6-15(7-9-16)24-19(25)18(21)17(20)11-22-24/h3-12,23H,1-2H3. The van der Waals surface area contributed by atoms with Gasteiger partial charge in [-0.2, -0.15) is 9.78 Å². The van der Waals surface area contributed by atoms with Crippen LogP contribution < -0.4 is 10.3 Å². The van der Waals surface area contributed by atoms with Crippen LogP contribution in [-0.2, 0) is 10.0 Å². The van der Waals surface area contributed by atoms with Gasteiger partial charge in [0, 0.05) is 5.69 Å². The lowest BCUT2D eigenvalue weighted by molar-refractivity contribution is 0.601. The van der Waals surface area contributed by atoms with E-state index in [1.807, 2.05) is 19.9 Å². The Morgan fingerprint density at radius 2 is 1.75 bits per heavy atom. The average Bonchev–Trinajstić information content (AvgIpc) is 2.66. The lowest BCUT2D eigenvalue weighted by Crippen LogP contribution is -2.21. The molecule has 0 radical (unpaired) electrons. The fraction of sp³-hybridized carbons (Fsp3) is 0.158. The highest BCUT2D eigenvalue weighted by Crippen LogP contribution is 2.22. The first-order valence-electron chi connectivity index (χ1n) is 8.35. The van der Waals surface area contributed by atoms with Gasteiger partial charge in [-0.1, -0.05) is 49.2 Å². The highest BCUT2D eigenvalue weighted by Gasteiger charge is 2.16.